The van der Waals surface area contributed by atoms with Crippen molar-refractivity contribution in [2.24, 2.45) is 0 Å². The summed E-state index contributed by atoms with van der Waals surface area (Å²) in [5, 5.41) is 0. The van der Waals surface area contributed by atoms with Gasteiger partial charge in [-0.2, -0.15) is 0 Å². The third-order valence-electron chi connectivity index (χ3n) is 3.21. The Morgan fingerprint density at radius 3 is 3.06 bits per heavy atom. The first-order chi connectivity index (χ1) is 8.31. The fraction of sp³-hybridized carbons (Fsp3) is 0.615. The molecule has 0 saturated carbocycles. The smallest absolute Gasteiger partial charge is 0.128 e. The molecule has 2 rings (SSSR count). The van der Waals surface area contributed by atoms with Gasteiger partial charge in [0.05, 0.1) is 24.5 Å². The van der Waals surface area contributed by atoms with Gasteiger partial charge in [-0.3, -0.25) is 0 Å². The van der Waals surface area contributed by atoms with Gasteiger partial charge in [0.1, 0.15) is 5.82 Å². The van der Waals surface area contributed by atoms with Crippen LogP contribution in [0.1, 0.15) is 26.2 Å². The van der Waals surface area contributed by atoms with Crippen LogP contribution in [0.5, 0.6) is 0 Å². The Balaban J connectivity index is 2.07. The van der Waals surface area contributed by atoms with Crippen LogP contribution in [-0.2, 0) is 4.74 Å². The van der Waals surface area contributed by atoms with Crippen molar-refractivity contribution in [1.29, 1.82) is 0 Å². The lowest BCUT2D eigenvalue weighted by molar-refractivity contribution is 0.123. The summed E-state index contributed by atoms with van der Waals surface area (Å²) in [5.41, 5.74) is 6.38. The van der Waals surface area contributed by atoms with Crippen molar-refractivity contribution >= 4 is 11.5 Å². The fourth-order valence-corrected chi connectivity index (χ4v) is 2.30. The quantitative estimate of drug-likeness (QED) is 0.868. The van der Waals surface area contributed by atoms with E-state index in [1.165, 1.54) is 19.3 Å². The molecule has 0 bridgehead atoms. The van der Waals surface area contributed by atoms with Crippen molar-refractivity contribution in [3.05, 3.63) is 18.3 Å². The molecule has 4 nitrogen and oxygen atoms in total. The monoisotopic (exact) mass is 235 g/mol. The van der Waals surface area contributed by atoms with Crippen molar-refractivity contribution in [1.82, 2.24) is 4.98 Å². The maximum Gasteiger partial charge on any atom is 0.128 e. The van der Waals surface area contributed by atoms with Gasteiger partial charge in [-0.05, 0) is 38.3 Å². The average molecular weight is 235 g/mol. The van der Waals surface area contributed by atoms with Crippen LogP contribution in [0.2, 0.25) is 0 Å². The molecular formula is C13H21N3O. The Morgan fingerprint density at radius 2 is 2.35 bits per heavy atom. The number of nitrogens with two attached hydrogens (primary N) is 1. The average Bonchev–Trinajstić information content (AvgIpc) is 2.38. The summed E-state index contributed by atoms with van der Waals surface area (Å²) in [6.07, 6.45) is 5.42. The summed E-state index contributed by atoms with van der Waals surface area (Å²) < 4.78 is 5.55. The van der Waals surface area contributed by atoms with Gasteiger partial charge in [0, 0.05) is 13.2 Å². The molecule has 0 amide bonds. The van der Waals surface area contributed by atoms with E-state index in [-0.39, 0.29) is 0 Å². The lowest BCUT2D eigenvalue weighted by Crippen LogP contribution is -2.43. The van der Waals surface area contributed by atoms with Gasteiger partial charge in [0.25, 0.3) is 0 Å². The second kappa shape index (κ2) is 5.87. The molecule has 1 aliphatic heterocycles. The van der Waals surface area contributed by atoms with Gasteiger partial charge >= 0.3 is 0 Å². The summed E-state index contributed by atoms with van der Waals surface area (Å²) >= 11 is 0. The minimum absolute atomic E-state index is 0.458. The van der Waals surface area contributed by atoms with Crippen LogP contribution in [0.25, 0.3) is 0 Å². The molecule has 1 aromatic rings. The summed E-state index contributed by atoms with van der Waals surface area (Å²) in [4.78, 5) is 6.75. The lowest BCUT2D eigenvalue weighted by atomic mass is 10.0. The van der Waals surface area contributed by atoms with E-state index in [4.69, 9.17) is 10.5 Å². The minimum atomic E-state index is 0.458. The predicted octanol–water partition coefficient (Wildman–Crippen LogP) is 2.06. The van der Waals surface area contributed by atoms with E-state index in [1.54, 1.807) is 6.20 Å². The topological polar surface area (TPSA) is 51.4 Å². The molecule has 0 aliphatic carbocycles. The van der Waals surface area contributed by atoms with E-state index in [0.29, 0.717) is 11.7 Å². The van der Waals surface area contributed by atoms with Gasteiger partial charge in [0.15, 0.2) is 0 Å². The third-order valence-corrected chi connectivity index (χ3v) is 3.21. The number of nitrogen functional groups attached to an aromatic ring is 1. The zero-order chi connectivity index (χ0) is 12.1. The van der Waals surface area contributed by atoms with Crippen molar-refractivity contribution in [3.8, 4) is 0 Å². The Labute approximate surface area is 103 Å². The fourth-order valence-electron chi connectivity index (χ4n) is 2.30. The zero-order valence-corrected chi connectivity index (χ0v) is 10.4. The molecular weight excluding hydrogens is 214 g/mol. The van der Waals surface area contributed by atoms with Crippen LogP contribution >= 0.6 is 0 Å². The zero-order valence-electron chi connectivity index (χ0n) is 10.4. The number of hydrogen-bond acceptors (Lipinski definition) is 4. The van der Waals surface area contributed by atoms with Crippen LogP contribution in [0.3, 0.4) is 0 Å². The molecule has 4 heteroatoms. The van der Waals surface area contributed by atoms with Gasteiger partial charge in [-0.15, -0.1) is 0 Å². The Hall–Kier alpha value is -1.29. The van der Waals surface area contributed by atoms with Crippen molar-refractivity contribution in [2.45, 2.75) is 32.2 Å². The van der Waals surface area contributed by atoms with Gasteiger partial charge in [0.2, 0.25) is 0 Å². The summed E-state index contributed by atoms with van der Waals surface area (Å²) in [6.45, 7) is 4.67. The van der Waals surface area contributed by atoms with Gasteiger partial charge in [-0.1, -0.05) is 0 Å². The second-order valence-corrected chi connectivity index (χ2v) is 4.45. The van der Waals surface area contributed by atoms with E-state index in [9.17, 15) is 0 Å². The molecule has 2 heterocycles. The van der Waals surface area contributed by atoms with E-state index in [2.05, 4.69) is 9.88 Å². The molecule has 1 saturated heterocycles. The Kier molecular flexibility index (Phi) is 4.20. The number of ether oxygens (including phenoxy) is 1. The number of piperidine rings is 1. The molecule has 0 spiro atoms. The molecule has 94 valence electrons. The number of nitrogens with zero attached hydrogens (tertiary/aromatic N) is 2. The normalized spacial score (nSPS) is 20.5. The number of aromatic nitrogens is 1. The van der Waals surface area contributed by atoms with Crippen LogP contribution in [0.15, 0.2) is 18.3 Å². The lowest BCUT2D eigenvalue weighted by Gasteiger charge is -2.36. The van der Waals surface area contributed by atoms with E-state index in [1.807, 2.05) is 19.1 Å². The highest BCUT2D eigenvalue weighted by Crippen LogP contribution is 2.23. The Bertz CT molecular complexity index is 339. The molecule has 2 N–H and O–H groups in total. The summed E-state index contributed by atoms with van der Waals surface area (Å²) in [5.74, 6) is 1.02. The molecule has 1 fully saturated rings. The highest BCUT2D eigenvalue weighted by Gasteiger charge is 2.23. The van der Waals surface area contributed by atoms with Crippen molar-refractivity contribution in [3.63, 3.8) is 0 Å². The first-order valence-electron chi connectivity index (χ1n) is 6.37. The molecule has 17 heavy (non-hydrogen) atoms. The van der Waals surface area contributed by atoms with E-state index < -0.39 is 0 Å². The maximum absolute atomic E-state index is 5.67. The maximum atomic E-state index is 5.67. The predicted molar refractivity (Wildman–Crippen MR) is 70.1 cm³/mol. The second-order valence-electron chi connectivity index (χ2n) is 4.45. The third kappa shape index (κ3) is 3.09. The van der Waals surface area contributed by atoms with Crippen LogP contribution in [0.4, 0.5) is 11.5 Å². The van der Waals surface area contributed by atoms with Crippen molar-refractivity contribution in [2.75, 3.05) is 30.4 Å². The van der Waals surface area contributed by atoms with Crippen LogP contribution in [0, 0.1) is 0 Å². The van der Waals surface area contributed by atoms with E-state index >= 15 is 0 Å². The summed E-state index contributed by atoms with van der Waals surface area (Å²) in [7, 11) is 0. The molecule has 0 aromatic carbocycles. The van der Waals surface area contributed by atoms with E-state index in [0.717, 1.165) is 25.6 Å². The molecule has 0 unspecified atom stereocenters. The van der Waals surface area contributed by atoms with Gasteiger partial charge in [-0.25, -0.2) is 4.98 Å². The first kappa shape index (κ1) is 12.2. The number of anilines is 2. The number of hydrogen-bond donors (Lipinski definition) is 1. The Morgan fingerprint density at radius 1 is 1.47 bits per heavy atom. The molecule has 1 aliphatic rings. The highest BCUT2D eigenvalue weighted by molar-refractivity contribution is 5.46. The first-order valence-corrected chi connectivity index (χ1v) is 6.37. The standard InChI is InChI=1S/C13H21N3O/c1-2-17-10-12-5-3-4-8-16(12)13-7-6-11(14)9-15-13/h6-7,9,12H,2-5,8,10,14H2,1H3/t12-/m0/s1. The van der Waals surface area contributed by atoms with Crippen LogP contribution in [-0.4, -0.2) is 30.8 Å². The minimum Gasteiger partial charge on any atom is -0.397 e. The van der Waals surface area contributed by atoms with Crippen molar-refractivity contribution < 1.29 is 4.74 Å². The SMILES string of the molecule is CCOC[C@@H]1CCCCN1c1ccc(N)cn1. The largest absolute Gasteiger partial charge is 0.397 e. The van der Waals surface area contributed by atoms with Crippen LogP contribution < -0.4 is 10.6 Å². The summed E-state index contributed by atoms with van der Waals surface area (Å²) in [6, 6.07) is 4.37. The van der Waals surface area contributed by atoms with Gasteiger partial charge < -0.3 is 15.4 Å². The highest BCUT2D eigenvalue weighted by atomic mass is 16.5. The molecule has 1 aromatic heterocycles. The molecule has 0 radical (unpaired) electrons. The number of pyridine rings is 1. The number of rotatable bonds is 4. The molecule has 1 atom stereocenters.